The van der Waals surface area contributed by atoms with Crippen molar-refractivity contribution in [3.63, 3.8) is 0 Å². The Morgan fingerprint density at radius 3 is 2.60 bits per heavy atom. The highest BCUT2D eigenvalue weighted by Gasteiger charge is 2.05. The van der Waals surface area contributed by atoms with Gasteiger partial charge in [-0.15, -0.1) is 0 Å². The molecule has 0 aliphatic heterocycles. The molecule has 0 fully saturated rings. The minimum Gasteiger partial charge on any atom is -0.233 e. The Balaban J connectivity index is 2.68. The van der Waals surface area contributed by atoms with E-state index in [9.17, 15) is 0 Å². The molecule has 2 rings (SSSR count). The molecule has 2 aromatic rings. The van der Waals surface area contributed by atoms with Crippen molar-refractivity contribution in [1.82, 2.24) is 9.97 Å². The molecule has 0 radical (unpaired) electrons. The Morgan fingerprint density at radius 2 is 1.93 bits per heavy atom. The van der Waals surface area contributed by atoms with Crippen LogP contribution in [0.5, 0.6) is 0 Å². The van der Waals surface area contributed by atoms with Gasteiger partial charge in [-0.05, 0) is 24.1 Å². The fraction of sp³-hybridized carbons (Fsp3) is 0.333. The van der Waals surface area contributed by atoms with Gasteiger partial charge in [0.1, 0.15) is 11.0 Å². The lowest BCUT2D eigenvalue weighted by molar-refractivity contribution is 0.960. The number of fused-ring (bicyclic) bond motifs is 1. The maximum absolute atomic E-state index is 6.12. The van der Waals surface area contributed by atoms with Gasteiger partial charge in [-0.1, -0.05) is 31.5 Å². The average molecular weight is 221 g/mol. The van der Waals surface area contributed by atoms with Crippen molar-refractivity contribution in [2.24, 2.45) is 0 Å². The Bertz CT molecular complexity index is 494. The molecule has 1 heterocycles. The van der Waals surface area contributed by atoms with E-state index in [4.69, 9.17) is 11.6 Å². The highest BCUT2D eigenvalue weighted by atomic mass is 35.5. The van der Waals surface area contributed by atoms with E-state index in [-0.39, 0.29) is 0 Å². The van der Waals surface area contributed by atoms with Gasteiger partial charge in [0.05, 0.1) is 5.52 Å². The van der Waals surface area contributed by atoms with E-state index in [0.29, 0.717) is 5.15 Å². The lowest BCUT2D eigenvalue weighted by Gasteiger charge is -2.04. The van der Waals surface area contributed by atoms with Crippen LogP contribution in [0.15, 0.2) is 18.2 Å². The monoisotopic (exact) mass is 220 g/mol. The van der Waals surface area contributed by atoms with Crippen molar-refractivity contribution >= 4 is 22.5 Å². The summed E-state index contributed by atoms with van der Waals surface area (Å²) in [5.41, 5.74) is 2.20. The number of nitrogens with zero attached hydrogens (tertiary/aromatic N) is 2. The summed E-state index contributed by atoms with van der Waals surface area (Å²) in [6.45, 7) is 4.15. The summed E-state index contributed by atoms with van der Waals surface area (Å²) in [7, 11) is 0. The Labute approximate surface area is 94.3 Å². The van der Waals surface area contributed by atoms with E-state index in [1.165, 1.54) is 5.56 Å². The van der Waals surface area contributed by atoms with Crippen LogP contribution >= 0.6 is 11.6 Å². The first-order valence-electron chi connectivity index (χ1n) is 5.19. The van der Waals surface area contributed by atoms with Crippen LogP contribution in [0.2, 0.25) is 5.15 Å². The van der Waals surface area contributed by atoms with Crippen LogP contribution in [0, 0.1) is 0 Å². The first-order valence-corrected chi connectivity index (χ1v) is 5.57. The lowest BCUT2D eigenvalue weighted by Crippen LogP contribution is -1.95. The maximum Gasteiger partial charge on any atom is 0.140 e. The molecule has 0 unspecified atom stereocenters. The van der Waals surface area contributed by atoms with Gasteiger partial charge in [0.15, 0.2) is 0 Å². The molecule has 0 atom stereocenters. The van der Waals surface area contributed by atoms with Crippen LogP contribution in [0.4, 0.5) is 0 Å². The molecule has 15 heavy (non-hydrogen) atoms. The third-order valence-electron chi connectivity index (χ3n) is 2.48. The predicted molar refractivity (Wildman–Crippen MR) is 63.3 cm³/mol. The molecule has 78 valence electrons. The van der Waals surface area contributed by atoms with Gasteiger partial charge < -0.3 is 0 Å². The summed E-state index contributed by atoms with van der Waals surface area (Å²) < 4.78 is 0. The minimum absolute atomic E-state index is 0.562. The number of aromatic nitrogens is 2. The molecule has 0 spiro atoms. The van der Waals surface area contributed by atoms with Gasteiger partial charge in [0.2, 0.25) is 0 Å². The van der Waals surface area contributed by atoms with Crippen LogP contribution in [-0.4, -0.2) is 9.97 Å². The SMILES string of the molecule is CCc1ccc2nc(CC)nc(Cl)c2c1. The topological polar surface area (TPSA) is 25.8 Å². The Morgan fingerprint density at radius 1 is 1.13 bits per heavy atom. The summed E-state index contributed by atoms with van der Waals surface area (Å²) in [5, 5.41) is 1.51. The number of benzene rings is 1. The van der Waals surface area contributed by atoms with Crippen molar-refractivity contribution in [2.45, 2.75) is 26.7 Å². The van der Waals surface area contributed by atoms with Crippen LogP contribution in [0.3, 0.4) is 0 Å². The molecule has 1 aromatic heterocycles. The van der Waals surface area contributed by atoms with E-state index < -0.39 is 0 Å². The zero-order chi connectivity index (χ0) is 10.8. The van der Waals surface area contributed by atoms with Gasteiger partial charge in [0.25, 0.3) is 0 Å². The van der Waals surface area contributed by atoms with Crippen molar-refractivity contribution in [3.05, 3.63) is 34.7 Å². The molecule has 0 bridgehead atoms. The molecular formula is C12H13ClN2. The molecular weight excluding hydrogens is 208 g/mol. The first kappa shape index (κ1) is 10.4. The van der Waals surface area contributed by atoms with Gasteiger partial charge in [0, 0.05) is 11.8 Å². The quantitative estimate of drug-likeness (QED) is 0.725. The molecule has 2 nitrogen and oxygen atoms in total. The lowest BCUT2D eigenvalue weighted by atomic mass is 10.1. The smallest absolute Gasteiger partial charge is 0.140 e. The fourth-order valence-corrected chi connectivity index (χ4v) is 1.81. The summed E-state index contributed by atoms with van der Waals surface area (Å²) in [5.74, 6) is 0.803. The zero-order valence-corrected chi connectivity index (χ0v) is 9.67. The van der Waals surface area contributed by atoms with E-state index in [1.54, 1.807) is 0 Å². The van der Waals surface area contributed by atoms with Gasteiger partial charge in [-0.25, -0.2) is 9.97 Å². The normalized spacial score (nSPS) is 10.9. The largest absolute Gasteiger partial charge is 0.233 e. The fourth-order valence-electron chi connectivity index (χ4n) is 1.56. The molecule has 0 aliphatic rings. The molecule has 0 N–H and O–H groups in total. The van der Waals surface area contributed by atoms with Crippen molar-refractivity contribution in [3.8, 4) is 0 Å². The van der Waals surface area contributed by atoms with E-state index in [1.807, 2.05) is 13.0 Å². The van der Waals surface area contributed by atoms with E-state index >= 15 is 0 Å². The minimum atomic E-state index is 0.562. The highest BCUT2D eigenvalue weighted by Crippen LogP contribution is 2.22. The second-order valence-corrected chi connectivity index (χ2v) is 3.85. The van der Waals surface area contributed by atoms with Gasteiger partial charge in [-0.2, -0.15) is 0 Å². The van der Waals surface area contributed by atoms with Crippen molar-refractivity contribution in [2.75, 3.05) is 0 Å². The summed E-state index contributed by atoms with van der Waals surface area (Å²) in [6.07, 6.45) is 1.81. The zero-order valence-electron chi connectivity index (χ0n) is 8.92. The Kier molecular flexibility index (Phi) is 2.87. The van der Waals surface area contributed by atoms with Crippen LogP contribution < -0.4 is 0 Å². The second kappa shape index (κ2) is 4.15. The molecule has 1 aromatic carbocycles. The number of hydrogen-bond acceptors (Lipinski definition) is 2. The molecule has 0 saturated carbocycles. The molecule has 0 saturated heterocycles. The van der Waals surface area contributed by atoms with Crippen LogP contribution in [0.1, 0.15) is 25.2 Å². The molecule has 0 aliphatic carbocycles. The predicted octanol–water partition coefficient (Wildman–Crippen LogP) is 3.41. The standard InChI is InChI=1S/C12H13ClN2/c1-3-8-5-6-10-9(7-8)12(13)15-11(4-2)14-10/h5-7H,3-4H2,1-2H3. The molecule has 0 amide bonds. The summed E-state index contributed by atoms with van der Waals surface area (Å²) in [4.78, 5) is 8.68. The van der Waals surface area contributed by atoms with E-state index in [2.05, 4.69) is 29.0 Å². The van der Waals surface area contributed by atoms with Gasteiger partial charge >= 0.3 is 0 Å². The van der Waals surface area contributed by atoms with Crippen LogP contribution in [-0.2, 0) is 12.8 Å². The van der Waals surface area contributed by atoms with Crippen molar-refractivity contribution < 1.29 is 0 Å². The second-order valence-electron chi connectivity index (χ2n) is 3.49. The molecule has 3 heteroatoms. The number of halogens is 1. The summed E-state index contributed by atoms with van der Waals surface area (Å²) >= 11 is 6.12. The highest BCUT2D eigenvalue weighted by molar-refractivity contribution is 6.34. The summed E-state index contributed by atoms with van der Waals surface area (Å²) in [6, 6.07) is 6.17. The number of aryl methyl sites for hydroxylation is 2. The number of hydrogen-bond donors (Lipinski definition) is 0. The third kappa shape index (κ3) is 1.95. The third-order valence-corrected chi connectivity index (χ3v) is 2.77. The van der Waals surface area contributed by atoms with E-state index in [0.717, 1.165) is 29.6 Å². The number of rotatable bonds is 2. The van der Waals surface area contributed by atoms with Crippen LogP contribution in [0.25, 0.3) is 10.9 Å². The Hall–Kier alpha value is -1.15. The first-order chi connectivity index (χ1) is 7.24. The average Bonchev–Trinajstić information content (AvgIpc) is 2.28. The maximum atomic E-state index is 6.12. The van der Waals surface area contributed by atoms with Crippen molar-refractivity contribution in [1.29, 1.82) is 0 Å². The van der Waals surface area contributed by atoms with Gasteiger partial charge in [-0.3, -0.25) is 0 Å².